The zero-order chi connectivity index (χ0) is 15.9. The number of nitrogens with one attached hydrogen (secondary N) is 1. The highest BCUT2D eigenvalue weighted by Crippen LogP contribution is 2.19. The number of nitrogens with two attached hydrogens (primary N) is 1. The van der Waals surface area contributed by atoms with Crippen molar-refractivity contribution in [2.75, 3.05) is 6.54 Å². The van der Waals surface area contributed by atoms with Gasteiger partial charge in [-0.1, -0.05) is 44.2 Å². The molecule has 1 aromatic carbocycles. The molecule has 0 aliphatic carbocycles. The van der Waals surface area contributed by atoms with Gasteiger partial charge in [0.1, 0.15) is 0 Å². The normalized spacial score (nSPS) is 12.4. The molecular weight excluding hydrogens is 294 g/mol. The molecule has 118 valence electrons. The van der Waals surface area contributed by atoms with Crippen molar-refractivity contribution in [2.45, 2.75) is 38.6 Å². The molecule has 5 heteroatoms. The van der Waals surface area contributed by atoms with Crippen LogP contribution in [0.1, 0.15) is 36.0 Å². The summed E-state index contributed by atoms with van der Waals surface area (Å²) >= 11 is 1.68. The lowest BCUT2D eigenvalue weighted by Crippen LogP contribution is -2.42. The number of thiazole rings is 1. The molecule has 4 nitrogen and oxygen atoms in total. The predicted molar refractivity (Wildman–Crippen MR) is 91.0 cm³/mol. The Labute approximate surface area is 135 Å². The minimum Gasteiger partial charge on any atom is -0.354 e. The van der Waals surface area contributed by atoms with E-state index in [9.17, 15) is 4.79 Å². The lowest BCUT2D eigenvalue weighted by Gasteiger charge is -2.12. The third-order valence-corrected chi connectivity index (χ3v) is 4.57. The fourth-order valence-corrected chi connectivity index (χ4v) is 2.98. The van der Waals surface area contributed by atoms with E-state index >= 15 is 0 Å². The first kappa shape index (κ1) is 16.6. The highest BCUT2D eigenvalue weighted by atomic mass is 32.1. The van der Waals surface area contributed by atoms with E-state index in [0.717, 1.165) is 22.7 Å². The van der Waals surface area contributed by atoms with Gasteiger partial charge >= 0.3 is 0 Å². The molecule has 1 amide bonds. The maximum Gasteiger partial charge on any atom is 0.237 e. The Kier molecular flexibility index (Phi) is 6.10. The molecule has 0 spiro atoms. The van der Waals surface area contributed by atoms with Gasteiger partial charge in [-0.3, -0.25) is 4.79 Å². The van der Waals surface area contributed by atoms with Gasteiger partial charge in [-0.2, -0.15) is 0 Å². The molecule has 1 aromatic heterocycles. The Balaban J connectivity index is 1.74. The summed E-state index contributed by atoms with van der Waals surface area (Å²) in [6.45, 7) is 4.84. The van der Waals surface area contributed by atoms with Crippen LogP contribution in [0, 0.1) is 0 Å². The quantitative estimate of drug-likeness (QED) is 0.824. The zero-order valence-electron chi connectivity index (χ0n) is 13.1. The van der Waals surface area contributed by atoms with E-state index in [2.05, 4.69) is 29.5 Å². The van der Waals surface area contributed by atoms with Crippen molar-refractivity contribution in [1.29, 1.82) is 0 Å². The SMILES string of the molecule is CC(C)c1nc(CCNC(=O)C(N)Cc2ccccc2)cs1. The van der Waals surface area contributed by atoms with Crippen LogP contribution >= 0.6 is 11.3 Å². The standard InChI is InChI=1S/C17H23N3OS/c1-12(2)17-20-14(11-22-17)8-9-19-16(21)15(18)10-13-6-4-3-5-7-13/h3-7,11-12,15H,8-10,18H2,1-2H3,(H,19,21). The molecule has 0 saturated heterocycles. The fraction of sp³-hybridized carbons (Fsp3) is 0.412. The first-order valence-corrected chi connectivity index (χ1v) is 8.45. The molecular formula is C17H23N3OS. The highest BCUT2D eigenvalue weighted by Gasteiger charge is 2.13. The second-order valence-electron chi connectivity index (χ2n) is 5.67. The molecule has 0 aliphatic heterocycles. The Bertz CT molecular complexity index is 595. The van der Waals surface area contributed by atoms with Crippen LogP contribution in [0.15, 0.2) is 35.7 Å². The molecule has 2 aromatic rings. The monoisotopic (exact) mass is 317 g/mol. The van der Waals surface area contributed by atoms with Crippen LogP contribution in [0.5, 0.6) is 0 Å². The third-order valence-electron chi connectivity index (χ3n) is 3.38. The number of carbonyl (C=O) groups excluding carboxylic acids is 1. The topological polar surface area (TPSA) is 68.0 Å². The van der Waals surface area contributed by atoms with Crippen molar-refractivity contribution in [2.24, 2.45) is 5.73 Å². The average Bonchev–Trinajstić information content (AvgIpc) is 2.97. The molecule has 0 aliphatic rings. The summed E-state index contributed by atoms with van der Waals surface area (Å²) in [4.78, 5) is 16.6. The Morgan fingerprint density at radius 2 is 2.05 bits per heavy atom. The van der Waals surface area contributed by atoms with Gasteiger partial charge in [0.05, 0.1) is 16.7 Å². The Morgan fingerprint density at radius 1 is 1.32 bits per heavy atom. The van der Waals surface area contributed by atoms with Crippen molar-refractivity contribution >= 4 is 17.2 Å². The van der Waals surface area contributed by atoms with Crippen LogP contribution in [0.25, 0.3) is 0 Å². The van der Waals surface area contributed by atoms with Crippen molar-refractivity contribution < 1.29 is 4.79 Å². The predicted octanol–water partition coefficient (Wildman–Crippen LogP) is 2.50. The number of hydrogen-bond acceptors (Lipinski definition) is 4. The second kappa shape index (κ2) is 8.06. The summed E-state index contributed by atoms with van der Waals surface area (Å²) in [6.07, 6.45) is 1.30. The van der Waals surface area contributed by atoms with Crippen LogP contribution in [-0.4, -0.2) is 23.5 Å². The van der Waals surface area contributed by atoms with E-state index in [-0.39, 0.29) is 5.91 Å². The Morgan fingerprint density at radius 3 is 2.68 bits per heavy atom. The van der Waals surface area contributed by atoms with E-state index in [1.165, 1.54) is 0 Å². The molecule has 1 unspecified atom stereocenters. The first-order valence-electron chi connectivity index (χ1n) is 7.57. The molecule has 0 fully saturated rings. The van der Waals surface area contributed by atoms with Gasteiger partial charge in [-0.25, -0.2) is 4.98 Å². The molecule has 1 heterocycles. The molecule has 22 heavy (non-hydrogen) atoms. The molecule has 0 bridgehead atoms. The summed E-state index contributed by atoms with van der Waals surface area (Å²) < 4.78 is 0. The third kappa shape index (κ3) is 4.93. The molecule has 3 N–H and O–H groups in total. The second-order valence-corrected chi connectivity index (χ2v) is 6.56. The molecule has 1 atom stereocenters. The summed E-state index contributed by atoms with van der Waals surface area (Å²) in [6, 6.07) is 9.31. The van der Waals surface area contributed by atoms with Crippen molar-refractivity contribution in [3.8, 4) is 0 Å². The van der Waals surface area contributed by atoms with Gasteiger partial charge in [0, 0.05) is 24.3 Å². The molecule has 0 radical (unpaired) electrons. The minimum atomic E-state index is -0.510. The van der Waals surface area contributed by atoms with Crippen molar-refractivity contribution in [3.63, 3.8) is 0 Å². The summed E-state index contributed by atoms with van der Waals surface area (Å²) in [7, 11) is 0. The van der Waals surface area contributed by atoms with Gasteiger partial charge in [0.25, 0.3) is 0 Å². The average molecular weight is 317 g/mol. The number of benzene rings is 1. The van der Waals surface area contributed by atoms with E-state index in [4.69, 9.17) is 5.73 Å². The zero-order valence-corrected chi connectivity index (χ0v) is 13.9. The Hall–Kier alpha value is -1.72. The number of hydrogen-bond donors (Lipinski definition) is 2. The minimum absolute atomic E-state index is 0.108. The largest absolute Gasteiger partial charge is 0.354 e. The van der Waals surface area contributed by atoms with E-state index < -0.39 is 6.04 Å². The van der Waals surface area contributed by atoms with Crippen LogP contribution in [0.2, 0.25) is 0 Å². The smallest absolute Gasteiger partial charge is 0.237 e. The molecule has 0 saturated carbocycles. The summed E-state index contributed by atoms with van der Waals surface area (Å²) in [5.74, 6) is 0.343. The highest BCUT2D eigenvalue weighted by molar-refractivity contribution is 7.09. The van der Waals surface area contributed by atoms with Gasteiger partial charge < -0.3 is 11.1 Å². The van der Waals surface area contributed by atoms with Gasteiger partial charge in [0.2, 0.25) is 5.91 Å². The van der Waals surface area contributed by atoms with Crippen molar-refractivity contribution in [1.82, 2.24) is 10.3 Å². The fourth-order valence-electron chi connectivity index (χ4n) is 2.11. The van der Waals surface area contributed by atoms with Gasteiger partial charge in [0.15, 0.2) is 0 Å². The summed E-state index contributed by atoms with van der Waals surface area (Å²) in [5.41, 5.74) is 8.06. The van der Waals surface area contributed by atoms with E-state index in [0.29, 0.717) is 18.9 Å². The number of nitrogens with zero attached hydrogens (tertiary/aromatic N) is 1. The van der Waals surface area contributed by atoms with Gasteiger partial charge in [-0.15, -0.1) is 11.3 Å². The maximum absolute atomic E-state index is 12.0. The van der Waals surface area contributed by atoms with Crippen LogP contribution in [0.4, 0.5) is 0 Å². The summed E-state index contributed by atoms with van der Waals surface area (Å²) in [5, 5.41) is 6.09. The van der Waals surface area contributed by atoms with Crippen LogP contribution in [0.3, 0.4) is 0 Å². The number of carbonyl (C=O) groups is 1. The first-order chi connectivity index (χ1) is 10.6. The maximum atomic E-state index is 12.0. The van der Waals surface area contributed by atoms with E-state index in [1.807, 2.05) is 30.3 Å². The number of aromatic nitrogens is 1. The lowest BCUT2D eigenvalue weighted by atomic mass is 10.1. The van der Waals surface area contributed by atoms with Crippen LogP contribution < -0.4 is 11.1 Å². The van der Waals surface area contributed by atoms with Gasteiger partial charge in [-0.05, 0) is 12.0 Å². The number of rotatable bonds is 7. The van der Waals surface area contributed by atoms with E-state index in [1.54, 1.807) is 11.3 Å². The van der Waals surface area contributed by atoms with Crippen LogP contribution in [-0.2, 0) is 17.6 Å². The molecule has 2 rings (SSSR count). The lowest BCUT2D eigenvalue weighted by molar-refractivity contribution is -0.122. The number of amides is 1. The van der Waals surface area contributed by atoms with Crippen molar-refractivity contribution in [3.05, 3.63) is 52.0 Å².